The van der Waals surface area contributed by atoms with Crippen LogP contribution in [0.1, 0.15) is 5.56 Å². The van der Waals surface area contributed by atoms with Crippen molar-refractivity contribution in [2.75, 3.05) is 0 Å². The maximum absolute atomic E-state index is 11.9. The number of hydrogen-bond donors (Lipinski definition) is 0. The van der Waals surface area contributed by atoms with Gasteiger partial charge in [-0.2, -0.15) is 0 Å². The summed E-state index contributed by atoms with van der Waals surface area (Å²) in [6.07, 6.45) is -4.63. The molecule has 0 saturated heterocycles. The van der Waals surface area contributed by atoms with Gasteiger partial charge in [-0.05, 0) is 40.3 Å². The predicted octanol–water partition coefficient (Wildman–Crippen LogP) is 4.08. The number of benzene rings is 1. The standard InChI is InChI=1S/C8H5BrF3IO/c9-4-5-1-2-6(13)7(3-5)14-8(10,11)12/h1-3H,4H2. The van der Waals surface area contributed by atoms with E-state index in [1.807, 2.05) is 0 Å². The third-order valence-electron chi connectivity index (χ3n) is 1.38. The van der Waals surface area contributed by atoms with E-state index in [-0.39, 0.29) is 5.75 Å². The zero-order chi connectivity index (χ0) is 10.8. The molecule has 0 saturated carbocycles. The van der Waals surface area contributed by atoms with Crippen LogP contribution in [0.15, 0.2) is 18.2 Å². The number of rotatable bonds is 2. The van der Waals surface area contributed by atoms with E-state index in [9.17, 15) is 13.2 Å². The first kappa shape index (κ1) is 12.1. The molecule has 0 spiro atoms. The zero-order valence-corrected chi connectivity index (χ0v) is 10.5. The van der Waals surface area contributed by atoms with E-state index < -0.39 is 6.36 Å². The number of halogens is 5. The Kier molecular flexibility index (Phi) is 4.05. The average Bonchev–Trinajstić information content (AvgIpc) is 2.06. The fourth-order valence-electron chi connectivity index (χ4n) is 0.834. The SMILES string of the molecule is FC(F)(F)Oc1cc(CBr)ccc1I. The summed E-state index contributed by atoms with van der Waals surface area (Å²) in [5.74, 6) is -0.157. The third-order valence-corrected chi connectivity index (χ3v) is 2.91. The summed E-state index contributed by atoms with van der Waals surface area (Å²) in [6, 6.07) is 4.68. The molecule has 78 valence electrons. The van der Waals surface area contributed by atoms with Crippen molar-refractivity contribution in [3.8, 4) is 5.75 Å². The van der Waals surface area contributed by atoms with Gasteiger partial charge < -0.3 is 4.74 Å². The van der Waals surface area contributed by atoms with Crippen molar-refractivity contribution in [3.63, 3.8) is 0 Å². The summed E-state index contributed by atoms with van der Waals surface area (Å²) < 4.78 is 40.0. The quantitative estimate of drug-likeness (QED) is 0.554. The number of alkyl halides is 4. The molecule has 0 aliphatic heterocycles. The highest BCUT2D eigenvalue weighted by Gasteiger charge is 2.31. The van der Waals surface area contributed by atoms with Gasteiger partial charge in [0, 0.05) is 5.33 Å². The fraction of sp³-hybridized carbons (Fsp3) is 0.250. The minimum atomic E-state index is -4.63. The van der Waals surface area contributed by atoms with E-state index in [0.29, 0.717) is 8.90 Å². The van der Waals surface area contributed by atoms with Crippen molar-refractivity contribution < 1.29 is 17.9 Å². The number of ether oxygens (including phenoxy) is 1. The molecule has 0 radical (unpaired) electrons. The van der Waals surface area contributed by atoms with E-state index in [1.165, 1.54) is 6.07 Å². The third kappa shape index (κ3) is 3.64. The second-order valence-corrected chi connectivity index (χ2v) is 4.17. The van der Waals surface area contributed by atoms with Crippen molar-refractivity contribution in [1.29, 1.82) is 0 Å². The highest BCUT2D eigenvalue weighted by atomic mass is 127. The summed E-state index contributed by atoms with van der Waals surface area (Å²) in [5, 5.41) is 0.498. The lowest BCUT2D eigenvalue weighted by Gasteiger charge is -2.11. The summed E-state index contributed by atoms with van der Waals surface area (Å²) in [5.41, 5.74) is 0.740. The first-order chi connectivity index (χ1) is 6.42. The van der Waals surface area contributed by atoms with Crippen LogP contribution in [0.25, 0.3) is 0 Å². The lowest BCUT2D eigenvalue weighted by Crippen LogP contribution is -2.17. The summed E-state index contributed by atoms with van der Waals surface area (Å²) >= 11 is 4.95. The van der Waals surface area contributed by atoms with Crippen molar-refractivity contribution >= 4 is 38.5 Å². The van der Waals surface area contributed by atoms with Crippen molar-refractivity contribution in [2.24, 2.45) is 0 Å². The molecule has 0 N–H and O–H groups in total. The molecular formula is C8H5BrF3IO. The van der Waals surface area contributed by atoms with Crippen LogP contribution in [0.4, 0.5) is 13.2 Å². The molecule has 0 bridgehead atoms. The van der Waals surface area contributed by atoms with E-state index in [4.69, 9.17) is 0 Å². The first-order valence-electron chi connectivity index (χ1n) is 3.52. The van der Waals surface area contributed by atoms with Crippen LogP contribution in [0, 0.1) is 3.57 Å². The van der Waals surface area contributed by atoms with E-state index in [1.54, 1.807) is 34.7 Å². The zero-order valence-electron chi connectivity index (χ0n) is 6.74. The molecule has 0 amide bonds. The maximum Gasteiger partial charge on any atom is 0.573 e. The van der Waals surface area contributed by atoms with Crippen molar-refractivity contribution in [3.05, 3.63) is 27.3 Å². The van der Waals surface area contributed by atoms with E-state index >= 15 is 0 Å². The van der Waals surface area contributed by atoms with Crippen molar-refractivity contribution in [1.82, 2.24) is 0 Å². The predicted molar refractivity (Wildman–Crippen MR) is 58.5 cm³/mol. The van der Waals surface area contributed by atoms with Crippen LogP contribution in [0.5, 0.6) is 5.75 Å². The Bertz CT molecular complexity index is 327. The molecule has 0 fully saturated rings. The molecule has 0 aliphatic rings. The molecule has 14 heavy (non-hydrogen) atoms. The molecule has 0 atom stereocenters. The molecule has 0 heterocycles. The van der Waals surface area contributed by atoms with Crippen LogP contribution in [-0.4, -0.2) is 6.36 Å². The van der Waals surface area contributed by atoms with Crippen LogP contribution in [-0.2, 0) is 5.33 Å². The Balaban J connectivity index is 2.95. The van der Waals surface area contributed by atoms with Crippen molar-refractivity contribution in [2.45, 2.75) is 11.7 Å². The largest absolute Gasteiger partial charge is 0.573 e. The highest BCUT2D eigenvalue weighted by Crippen LogP contribution is 2.29. The summed E-state index contributed by atoms with van der Waals surface area (Å²) in [6.45, 7) is 0. The maximum atomic E-state index is 11.9. The molecule has 6 heteroatoms. The van der Waals surface area contributed by atoms with Gasteiger partial charge in [-0.3, -0.25) is 0 Å². The Morgan fingerprint density at radius 2 is 2.00 bits per heavy atom. The highest BCUT2D eigenvalue weighted by molar-refractivity contribution is 14.1. The molecule has 0 aromatic heterocycles. The topological polar surface area (TPSA) is 9.23 Å². The van der Waals surface area contributed by atoms with Gasteiger partial charge in [-0.1, -0.05) is 22.0 Å². The molecule has 1 rings (SSSR count). The van der Waals surface area contributed by atoms with Gasteiger partial charge in [0.2, 0.25) is 0 Å². The van der Waals surface area contributed by atoms with Gasteiger partial charge in [0.15, 0.2) is 0 Å². The molecule has 0 aliphatic carbocycles. The van der Waals surface area contributed by atoms with Crippen LogP contribution in [0.2, 0.25) is 0 Å². The molecule has 0 unspecified atom stereocenters. The molecular weight excluding hydrogens is 376 g/mol. The van der Waals surface area contributed by atoms with Crippen LogP contribution >= 0.6 is 38.5 Å². The second-order valence-electron chi connectivity index (χ2n) is 2.45. The van der Waals surface area contributed by atoms with Gasteiger partial charge in [0.05, 0.1) is 3.57 Å². The minimum absolute atomic E-state index is 0.157. The van der Waals surface area contributed by atoms with Gasteiger partial charge in [0.25, 0.3) is 0 Å². The molecule has 1 nitrogen and oxygen atoms in total. The lowest BCUT2D eigenvalue weighted by atomic mass is 10.2. The van der Waals surface area contributed by atoms with Crippen LogP contribution < -0.4 is 4.74 Å². The van der Waals surface area contributed by atoms with E-state index in [0.717, 1.165) is 5.56 Å². The summed E-state index contributed by atoms with van der Waals surface area (Å²) in [7, 11) is 0. The fourth-order valence-corrected chi connectivity index (χ4v) is 1.63. The smallest absolute Gasteiger partial charge is 0.405 e. The van der Waals surface area contributed by atoms with Gasteiger partial charge >= 0.3 is 6.36 Å². The number of hydrogen-bond acceptors (Lipinski definition) is 1. The molecule has 1 aromatic rings. The van der Waals surface area contributed by atoms with Gasteiger partial charge in [-0.25, -0.2) is 0 Å². The minimum Gasteiger partial charge on any atom is -0.405 e. The van der Waals surface area contributed by atoms with Gasteiger partial charge in [-0.15, -0.1) is 13.2 Å². The normalized spacial score (nSPS) is 11.5. The van der Waals surface area contributed by atoms with Gasteiger partial charge in [0.1, 0.15) is 5.75 Å². The average molecular weight is 381 g/mol. The van der Waals surface area contributed by atoms with Crippen LogP contribution in [0.3, 0.4) is 0 Å². The lowest BCUT2D eigenvalue weighted by molar-refractivity contribution is -0.274. The summed E-state index contributed by atoms with van der Waals surface area (Å²) in [4.78, 5) is 0. The Hall–Kier alpha value is 0.0200. The Morgan fingerprint density at radius 3 is 2.50 bits per heavy atom. The molecule has 1 aromatic carbocycles. The first-order valence-corrected chi connectivity index (χ1v) is 5.72. The van der Waals surface area contributed by atoms with E-state index in [2.05, 4.69) is 20.7 Å². The Morgan fingerprint density at radius 1 is 1.36 bits per heavy atom. The Labute approximate surface area is 101 Å². The monoisotopic (exact) mass is 380 g/mol. The second kappa shape index (κ2) is 4.69.